The van der Waals surface area contributed by atoms with Crippen molar-refractivity contribution >= 4 is 11.9 Å². The lowest BCUT2D eigenvalue weighted by Gasteiger charge is -2.29. The maximum Gasteiger partial charge on any atom is 0.311 e. The predicted molar refractivity (Wildman–Crippen MR) is 88.1 cm³/mol. The second-order valence-corrected chi connectivity index (χ2v) is 5.97. The third kappa shape index (κ3) is 3.60. The average molecular weight is 345 g/mol. The molecule has 0 spiro atoms. The molecule has 132 valence electrons. The number of ether oxygens (including phenoxy) is 2. The number of hydrogen-bond acceptors (Lipinski definition) is 5. The van der Waals surface area contributed by atoms with Gasteiger partial charge in [-0.1, -0.05) is 12.1 Å². The first-order valence-corrected chi connectivity index (χ1v) is 7.88. The van der Waals surface area contributed by atoms with E-state index in [1.807, 2.05) is 24.3 Å². The molecule has 2 heterocycles. The zero-order chi connectivity index (χ0) is 18.0. The van der Waals surface area contributed by atoms with Crippen LogP contribution < -0.4 is 9.47 Å². The Labute approximate surface area is 144 Å². The number of nitrogens with zero attached hydrogens (tertiary/aromatic N) is 1. The van der Waals surface area contributed by atoms with E-state index >= 15 is 0 Å². The van der Waals surface area contributed by atoms with Gasteiger partial charge in [-0.2, -0.15) is 0 Å². The summed E-state index contributed by atoms with van der Waals surface area (Å²) in [6.45, 7) is 2.36. The molecule has 7 nitrogen and oxygen atoms in total. The molecule has 1 aliphatic heterocycles. The van der Waals surface area contributed by atoms with E-state index in [-0.39, 0.29) is 24.2 Å². The molecule has 1 aromatic heterocycles. The van der Waals surface area contributed by atoms with Crippen molar-refractivity contribution in [3.05, 3.63) is 47.4 Å². The molecule has 0 saturated carbocycles. The number of likely N-dealkylation sites (N-methyl/N-ethyl adjacent to an activating group) is 1. The third-order valence-electron chi connectivity index (χ3n) is 3.97. The lowest BCUT2D eigenvalue weighted by Crippen LogP contribution is -2.42. The molecule has 3 rings (SSSR count). The Morgan fingerprint density at radius 3 is 2.72 bits per heavy atom. The van der Waals surface area contributed by atoms with E-state index in [0.29, 0.717) is 35.8 Å². The average Bonchev–Trinajstić information content (AvgIpc) is 2.93. The van der Waals surface area contributed by atoms with Crippen LogP contribution in [0.5, 0.6) is 11.5 Å². The van der Waals surface area contributed by atoms with E-state index < -0.39 is 5.97 Å². The maximum atomic E-state index is 12.7. The number of furan rings is 1. The van der Waals surface area contributed by atoms with Crippen LogP contribution in [0.4, 0.5) is 0 Å². The van der Waals surface area contributed by atoms with Crippen LogP contribution in [-0.4, -0.2) is 48.2 Å². The molecule has 0 aliphatic carbocycles. The van der Waals surface area contributed by atoms with Crippen LogP contribution in [-0.2, 0) is 11.2 Å². The standard InChI is InChI=1S/C18H19NO6/c1-11-9-23-15(7-16(20)21)17(11)18(22)19(2)8-12-10-24-13-5-3-4-6-14(13)25-12/h3-6,9,12H,7-8,10H2,1-2H3,(H,20,21)/t12-/m0/s1. The van der Waals surface area contributed by atoms with Crippen LogP contribution in [0.25, 0.3) is 0 Å². The third-order valence-corrected chi connectivity index (χ3v) is 3.97. The highest BCUT2D eigenvalue weighted by atomic mass is 16.6. The number of carbonyl (C=O) groups is 2. The Hall–Kier alpha value is -2.96. The first-order valence-electron chi connectivity index (χ1n) is 7.88. The number of rotatable bonds is 5. The van der Waals surface area contributed by atoms with E-state index in [2.05, 4.69) is 0 Å². The summed E-state index contributed by atoms with van der Waals surface area (Å²) >= 11 is 0. The minimum atomic E-state index is -1.05. The summed E-state index contributed by atoms with van der Waals surface area (Å²) in [4.78, 5) is 25.2. The first kappa shape index (κ1) is 16.9. The maximum absolute atomic E-state index is 12.7. The quantitative estimate of drug-likeness (QED) is 0.893. The molecule has 0 radical (unpaired) electrons. The van der Waals surface area contributed by atoms with E-state index in [0.717, 1.165) is 0 Å². The monoisotopic (exact) mass is 345 g/mol. The fraction of sp³-hybridized carbons (Fsp3) is 0.333. The van der Waals surface area contributed by atoms with Crippen molar-refractivity contribution in [1.82, 2.24) is 4.90 Å². The van der Waals surface area contributed by atoms with Crippen molar-refractivity contribution in [3.8, 4) is 11.5 Å². The summed E-state index contributed by atoms with van der Waals surface area (Å²) in [5, 5.41) is 8.95. The van der Waals surface area contributed by atoms with Crippen molar-refractivity contribution in [1.29, 1.82) is 0 Å². The Balaban J connectivity index is 1.70. The summed E-state index contributed by atoms with van der Waals surface area (Å²) < 4.78 is 16.7. The highest BCUT2D eigenvalue weighted by molar-refractivity contribution is 5.97. The van der Waals surface area contributed by atoms with Gasteiger partial charge in [0.2, 0.25) is 0 Å². The van der Waals surface area contributed by atoms with E-state index in [1.165, 1.54) is 11.2 Å². The molecular weight excluding hydrogens is 326 g/mol. The molecule has 0 bridgehead atoms. The number of carbonyl (C=O) groups excluding carboxylic acids is 1. The fourth-order valence-electron chi connectivity index (χ4n) is 2.78. The van der Waals surface area contributed by atoms with Crippen LogP contribution in [0, 0.1) is 6.92 Å². The summed E-state index contributed by atoms with van der Waals surface area (Å²) in [5.41, 5.74) is 0.904. The predicted octanol–water partition coefficient (Wildman–Crippen LogP) is 2.13. The molecule has 7 heteroatoms. The zero-order valence-corrected chi connectivity index (χ0v) is 14.0. The molecule has 1 atom stereocenters. The molecule has 0 unspecified atom stereocenters. The van der Waals surface area contributed by atoms with Gasteiger partial charge in [-0.25, -0.2) is 0 Å². The van der Waals surface area contributed by atoms with Gasteiger partial charge in [0, 0.05) is 12.6 Å². The normalized spacial score (nSPS) is 15.7. The topological polar surface area (TPSA) is 89.2 Å². The first-order chi connectivity index (χ1) is 12.0. The molecule has 0 fully saturated rings. The van der Waals surface area contributed by atoms with Gasteiger partial charge < -0.3 is 23.9 Å². The minimum absolute atomic E-state index is 0.160. The zero-order valence-electron chi connectivity index (χ0n) is 14.0. The molecule has 2 aromatic rings. The molecular formula is C18H19NO6. The van der Waals surface area contributed by atoms with Crippen LogP contribution in [0.3, 0.4) is 0 Å². The lowest BCUT2D eigenvalue weighted by molar-refractivity contribution is -0.136. The van der Waals surface area contributed by atoms with Crippen LogP contribution >= 0.6 is 0 Å². The van der Waals surface area contributed by atoms with Gasteiger partial charge in [0.25, 0.3) is 5.91 Å². The number of hydrogen-bond donors (Lipinski definition) is 1. The van der Waals surface area contributed by atoms with E-state index in [1.54, 1.807) is 14.0 Å². The van der Waals surface area contributed by atoms with Gasteiger partial charge in [-0.05, 0) is 19.1 Å². The van der Waals surface area contributed by atoms with Crippen molar-refractivity contribution in [2.45, 2.75) is 19.4 Å². The van der Waals surface area contributed by atoms with Gasteiger partial charge in [0.05, 0.1) is 18.4 Å². The fourth-order valence-corrected chi connectivity index (χ4v) is 2.78. The van der Waals surface area contributed by atoms with Crippen molar-refractivity contribution in [2.24, 2.45) is 0 Å². The number of carboxylic acid groups (broad SMARTS) is 1. The Morgan fingerprint density at radius 2 is 2.00 bits per heavy atom. The lowest BCUT2D eigenvalue weighted by atomic mass is 10.1. The largest absolute Gasteiger partial charge is 0.486 e. The molecule has 0 saturated heterocycles. The second kappa shape index (κ2) is 6.88. The van der Waals surface area contributed by atoms with Gasteiger partial charge in [0.1, 0.15) is 18.8 Å². The summed E-state index contributed by atoms with van der Waals surface area (Å²) in [5.74, 6) is 0.137. The molecule has 25 heavy (non-hydrogen) atoms. The molecule has 1 amide bonds. The Kier molecular flexibility index (Phi) is 4.65. The van der Waals surface area contributed by atoms with E-state index in [9.17, 15) is 9.59 Å². The molecule has 1 aliphatic rings. The van der Waals surface area contributed by atoms with E-state index in [4.69, 9.17) is 19.0 Å². The molecule has 1 aromatic carbocycles. The van der Waals surface area contributed by atoms with Gasteiger partial charge in [-0.3, -0.25) is 9.59 Å². The number of para-hydroxylation sites is 2. The van der Waals surface area contributed by atoms with Crippen molar-refractivity contribution in [3.63, 3.8) is 0 Å². The number of amides is 1. The number of aryl methyl sites for hydroxylation is 1. The van der Waals surface area contributed by atoms with Crippen LogP contribution in [0.1, 0.15) is 21.7 Å². The highest BCUT2D eigenvalue weighted by Gasteiger charge is 2.27. The highest BCUT2D eigenvalue weighted by Crippen LogP contribution is 2.31. The van der Waals surface area contributed by atoms with Crippen LogP contribution in [0.2, 0.25) is 0 Å². The van der Waals surface area contributed by atoms with Gasteiger partial charge >= 0.3 is 5.97 Å². The minimum Gasteiger partial charge on any atom is -0.486 e. The number of fused-ring (bicyclic) bond motifs is 1. The number of carboxylic acids is 1. The van der Waals surface area contributed by atoms with Crippen molar-refractivity contribution in [2.75, 3.05) is 20.2 Å². The summed E-state index contributed by atoms with van der Waals surface area (Å²) in [6.07, 6.45) is 0.758. The van der Waals surface area contributed by atoms with Gasteiger partial charge in [-0.15, -0.1) is 0 Å². The number of aliphatic carboxylic acids is 1. The van der Waals surface area contributed by atoms with Crippen molar-refractivity contribution < 1.29 is 28.6 Å². The second-order valence-electron chi connectivity index (χ2n) is 5.97. The van der Waals surface area contributed by atoms with Crippen LogP contribution in [0.15, 0.2) is 34.9 Å². The Morgan fingerprint density at radius 1 is 1.28 bits per heavy atom. The van der Waals surface area contributed by atoms with Gasteiger partial charge in [0.15, 0.2) is 17.6 Å². The summed E-state index contributed by atoms with van der Waals surface area (Å²) in [7, 11) is 1.64. The smallest absolute Gasteiger partial charge is 0.311 e. The SMILES string of the molecule is Cc1coc(CC(=O)O)c1C(=O)N(C)C[C@H]1COc2ccccc2O1. The molecule has 1 N–H and O–H groups in total. The number of benzene rings is 1. The summed E-state index contributed by atoms with van der Waals surface area (Å²) in [6, 6.07) is 7.36. The Bertz CT molecular complexity index is 797.